The number of rotatable bonds is 7. The van der Waals surface area contributed by atoms with Crippen LogP contribution in [0.5, 0.6) is 0 Å². The number of amides is 1. The zero-order chi connectivity index (χ0) is 28.4. The van der Waals surface area contributed by atoms with Crippen molar-refractivity contribution < 1.29 is 22.7 Å². The normalized spacial score (nSPS) is 17.1. The van der Waals surface area contributed by atoms with Crippen molar-refractivity contribution in [2.24, 2.45) is 0 Å². The van der Waals surface area contributed by atoms with Crippen LogP contribution >= 0.6 is 23.8 Å². The Kier molecular flexibility index (Phi) is 7.79. The zero-order valence-electron chi connectivity index (χ0n) is 21.0. The van der Waals surface area contributed by atoms with Gasteiger partial charge in [0.1, 0.15) is 12.6 Å². The molecule has 2 atom stereocenters. The first kappa shape index (κ1) is 27.6. The average Bonchev–Trinajstić information content (AvgIpc) is 3.54. The van der Waals surface area contributed by atoms with Crippen LogP contribution in [-0.4, -0.2) is 34.3 Å². The van der Waals surface area contributed by atoms with E-state index in [2.05, 4.69) is 15.6 Å². The number of hydrogen-bond acceptors (Lipinski definition) is 4. The third-order valence-electron chi connectivity index (χ3n) is 6.41. The Morgan fingerprint density at radius 2 is 1.93 bits per heavy atom. The molecule has 5 rings (SSSR count). The van der Waals surface area contributed by atoms with E-state index in [0.717, 1.165) is 12.1 Å². The summed E-state index contributed by atoms with van der Waals surface area (Å²) in [7, 11) is 1.42. The van der Waals surface area contributed by atoms with E-state index in [0.29, 0.717) is 33.6 Å². The van der Waals surface area contributed by atoms with E-state index in [-0.39, 0.29) is 17.5 Å². The van der Waals surface area contributed by atoms with Gasteiger partial charge in [0.2, 0.25) is 5.91 Å². The molecule has 206 valence electrons. The number of benzene rings is 2. The van der Waals surface area contributed by atoms with Gasteiger partial charge >= 0.3 is 6.18 Å². The lowest BCUT2D eigenvalue weighted by molar-refractivity contribution is -0.137. The van der Waals surface area contributed by atoms with Gasteiger partial charge < -0.3 is 24.8 Å². The summed E-state index contributed by atoms with van der Waals surface area (Å²) in [6, 6.07) is 18.4. The van der Waals surface area contributed by atoms with Gasteiger partial charge in [0.05, 0.1) is 28.0 Å². The number of nitrogens with one attached hydrogen (secondary N) is 2. The first-order valence-electron chi connectivity index (χ1n) is 12.1. The maximum atomic E-state index is 13.5. The summed E-state index contributed by atoms with van der Waals surface area (Å²) in [6.45, 7) is -0.126. The van der Waals surface area contributed by atoms with E-state index in [1.54, 1.807) is 53.4 Å². The maximum absolute atomic E-state index is 13.5. The molecule has 1 aliphatic heterocycles. The van der Waals surface area contributed by atoms with Gasteiger partial charge in [0, 0.05) is 36.6 Å². The maximum Gasteiger partial charge on any atom is 0.416 e. The monoisotopic (exact) mass is 585 g/mol. The smallest absolute Gasteiger partial charge is 0.375 e. The number of methoxy groups -OCH3 is 1. The fourth-order valence-corrected chi connectivity index (χ4v) is 5.28. The highest BCUT2D eigenvalue weighted by Crippen LogP contribution is 2.43. The van der Waals surface area contributed by atoms with Crippen LogP contribution < -0.4 is 15.5 Å². The minimum absolute atomic E-state index is 0.126. The highest BCUT2D eigenvalue weighted by molar-refractivity contribution is 7.80. The van der Waals surface area contributed by atoms with Crippen LogP contribution in [0.3, 0.4) is 0 Å². The number of anilines is 2. The molecule has 1 amide bonds. The van der Waals surface area contributed by atoms with Gasteiger partial charge in [-0.15, -0.1) is 0 Å². The van der Waals surface area contributed by atoms with Crippen LogP contribution in [0.25, 0.3) is 5.69 Å². The lowest BCUT2D eigenvalue weighted by Gasteiger charge is -2.29. The van der Waals surface area contributed by atoms with Gasteiger partial charge in [-0.05, 0) is 72.9 Å². The van der Waals surface area contributed by atoms with Crippen LogP contribution in [-0.2, 0) is 15.7 Å². The molecule has 0 saturated carbocycles. The fourth-order valence-electron chi connectivity index (χ4n) is 4.71. The van der Waals surface area contributed by atoms with E-state index >= 15 is 0 Å². The first-order valence-corrected chi connectivity index (χ1v) is 12.9. The number of ether oxygens (including phenoxy) is 1. The number of carbonyl (C=O) groups excluding carboxylic acids is 1. The van der Waals surface area contributed by atoms with Crippen molar-refractivity contribution >= 4 is 46.2 Å². The highest BCUT2D eigenvalue weighted by atomic mass is 35.5. The van der Waals surface area contributed by atoms with Crippen molar-refractivity contribution in [3.8, 4) is 5.69 Å². The summed E-state index contributed by atoms with van der Waals surface area (Å²) >= 11 is 12.3. The molecular weight excluding hydrogens is 563 g/mol. The van der Waals surface area contributed by atoms with Crippen molar-refractivity contribution in [1.29, 1.82) is 0 Å². The second-order valence-electron chi connectivity index (χ2n) is 8.99. The van der Waals surface area contributed by atoms with E-state index < -0.39 is 23.8 Å². The number of hydrogen-bond donors (Lipinski definition) is 2. The lowest BCUT2D eigenvalue weighted by Crippen LogP contribution is -2.30. The van der Waals surface area contributed by atoms with Crippen LogP contribution in [0.2, 0.25) is 5.02 Å². The van der Waals surface area contributed by atoms with Crippen LogP contribution in [0.1, 0.15) is 29.0 Å². The predicted octanol–water partition coefficient (Wildman–Crippen LogP) is 6.31. The Morgan fingerprint density at radius 3 is 2.62 bits per heavy atom. The van der Waals surface area contributed by atoms with E-state index in [9.17, 15) is 18.0 Å². The van der Waals surface area contributed by atoms with Gasteiger partial charge in [0.15, 0.2) is 5.11 Å². The standard InChI is InChI=1S/C28H23ClF3N5O2S/c1-39-16-24(38)34-21-11-10-19(15-20(21)29)37-26(25(35-27(37)40)22-8-2-3-12-33-22)23-9-5-13-36(23)18-7-4-6-17(14-18)28(30,31)32/h2-15,25-26H,16H2,1H3,(H,34,38)(H,35,40)/t25-,26-/m0/s1. The molecule has 0 spiro atoms. The molecule has 2 aromatic heterocycles. The van der Waals surface area contributed by atoms with Crippen molar-refractivity contribution in [3.63, 3.8) is 0 Å². The van der Waals surface area contributed by atoms with Gasteiger partial charge in [0.25, 0.3) is 0 Å². The third kappa shape index (κ3) is 5.53. The summed E-state index contributed by atoms with van der Waals surface area (Å²) < 4.78 is 47.1. The highest BCUT2D eigenvalue weighted by Gasteiger charge is 2.42. The first-order chi connectivity index (χ1) is 19.2. The second-order valence-corrected chi connectivity index (χ2v) is 9.79. The largest absolute Gasteiger partial charge is 0.416 e. The molecule has 12 heteroatoms. The Hall–Kier alpha value is -3.93. The van der Waals surface area contributed by atoms with Crippen LogP contribution in [0.15, 0.2) is 85.2 Å². The zero-order valence-corrected chi connectivity index (χ0v) is 22.6. The number of alkyl halides is 3. The number of halogens is 4. The topological polar surface area (TPSA) is 71.4 Å². The van der Waals surface area contributed by atoms with Crippen LogP contribution in [0.4, 0.5) is 24.5 Å². The summed E-state index contributed by atoms with van der Waals surface area (Å²) in [5, 5.41) is 6.67. The minimum atomic E-state index is -4.49. The van der Waals surface area contributed by atoms with E-state index in [1.165, 1.54) is 13.2 Å². The number of thiocarbonyl (C=S) groups is 1. The van der Waals surface area contributed by atoms with E-state index in [1.807, 2.05) is 23.1 Å². The summed E-state index contributed by atoms with van der Waals surface area (Å²) in [5.74, 6) is -0.359. The molecule has 1 saturated heterocycles. The predicted molar refractivity (Wildman–Crippen MR) is 151 cm³/mol. The molecule has 0 unspecified atom stereocenters. The SMILES string of the molecule is COCC(=O)Nc1ccc(N2C(=S)N[C@@H](c3ccccn3)[C@@H]2c2cccn2-c2cccc(C(F)(F)F)c2)cc1Cl. The number of aromatic nitrogens is 2. The molecule has 3 heterocycles. The molecule has 1 fully saturated rings. The van der Waals surface area contributed by atoms with Crippen molar-refractivity contribution in [2.75, 3.05) is 23.9 Å². The quantitative estimate of drug-likeness (QED) is 0.248. The van der Waals surface area contributed by atoms with Crippen molar-refractivity contribution in [2.45, 2.75) is 18.3 Å². The Morgan fingerprint density at radius 1 is 1.10 bits per heavy atom. The van der Waals surface area contributed by atoms with Crippen molar-refractivity contribution in [3.05, 3.63) is 107 Å². The molecule has 7 nitrogen and oxygen atoms in total. The number of nitrogens with zero attached hydrogens (tertiary/aromatic N) is 3. The molecule has 0 radical (unpaired) electrons. The Labute approximate surface area is 238 Å². The molecule has 2 N–H and O–H groups in total. The number of carbonyl (C=O) groups is 1. The van der Waals surface area contributed by atoms with Crippen molar-refractivity contribution in [1.82, 2.24) is 14.9 Å². The molecular formula is C28H23ClF3N5O2S. The Balaban J connectivity index is 1.60. The van der Waals surface area contributed by atoms with Gasteiger partial charge in [-0.3, -0.25) is 9.78 Å². The minimum Gasteiger partial charge on any atom is -0.375 e. The molecule has 0 bridgehead atoms. The molecule has 4 aromatic rings. The summed E-state index contributed by atoms with van der Waals surface area (Å²) in [5.41, 5.74) is 1.99. The van der Waals surface area contributed by atoms with Gasteiger partial charge in [-0.25, -0.2) is 0 Å². The van der Waals surface area contributed by atoms with E-state index in [4.69, 9.17) is 28.6 Å². The second kappa shape index (κ2) is 11.3. The lowest BCUT2D eigenvalue weighted by atomic mass is 10.0. The molecule has 2 aromatic carbocycles. The van der Waals surface area contributed by atoms with Crippen LogP contribution in [0, 0.1) is 0 Å². The molecule has 1 aliphatic rings. The van der Waals surface area contributed by atoms with Gasteiger partial charge in [-0.1, -0.05) is 23.7 Å². The summed E-state index contributed by atoms with van der Waals surface area (Å²) in [6.07, 6.45) is -1.11. The molecule has 0 aliphatic carbocycles. The molecule has 40 heavy (non-hydrogen) atoms. The number of pyridine rings is 1. The summed E-state index contributed by atoms with van der Waals surface area (Å²) in [4.78, 5) is 18.4. The Bertz CT molecular complexity index is 1550. The average molecular weight is 586 g/mol. The third-order valence-corrected chi connectivity index (χ3v) is 7.04. The van der Waals surface area contributed by atoms with Gasteiger partial charge in [-0.2, -0.15) is 13.2 Å². The fraction of sp³-hybridized carbons (Fsp3) is 0.179.